The fourth-order valence-corrected chi connectivity index (χ4v) is 1.83. The summed E-state index contributed by atoms with van der Waals surface area (Å²) < 4.78 is 10.6. The van der Waals surface area contributed by atoms with Crippen molar-refractivity contribution in [3.63, 3.8) is 0 Å². The molecule has 1 unspecified atom stereocenters. The van der Waals surface area contributed by atoms with Gasteiger partial charge in [-0.1, -0.05) is 0 Å². The summed E-state index contributed by atoms with van der Waals surface area (Å²) in [5, 5.41) is 3.39. The third-order valence-electron chi connectivity index (χ3n) is 2.75. The molecule has 1 atom stereocenters. The fraction of sp³-hybridized carbons (Fsp3) is 0.286. The highest BCUT2D eigenvalue weighted by Gasteiger charge is 2.08. The summed E-state index contributed by atoms with van der Waals surface area (Å²) in [6.07, 6.45) is 1.69. The van der Waals surface area contributed by atoms with Crippen LogP contribution in [0, 0.1) is 6.92 Å². The second kappa shape index (κ2) is 4.95. The predicted molar refractivity (Wildman–Crippen MR) is 68.5 cm³/mol. The van der Waals surface area contributed by atoms with Gasteiger partial charge in [0.15, 0.2) is 0 Å². The number of rotatable bonds is 4. The van der Waals surface area contributed by atoms with E-state index in [0.29, 0.717) is 0 Å². The van der Waals surface area contributed by atoms with Gasteiger partial charge in [-0.25, -0.2) is 0 Å². The second-order valence-corrected chi connectivity index (χ2v) is 4.07. The van der Waals surface area contributed by atoms with Crippen LogP contribution in [-0.4, -0.2) is 7.11 Å². The first kappa shape index (κ1) is 11.6. The number of hydrogen-bond donors (Lipinski definition) is 1. The zero-order valence-corrected chi connectivity index (χ0v) is 10.4. The van der Waals surface area contributed by atoms with Gasteiger partial charge in [-0.3, -0.25) is 0 Å². The van der Waals surface area contributed by atoms with Crippen molar-refractivity contribution < 1.29 is 9.15 Å². The van der Waals surface area contributed by atoms with Crippen LogP contribution in [0.25, 0.3) is 0 Å². The molecule has 0 saturated carbocycles. The average Bonchev–Trinajstić information content (AvgIpc) is 2.82. The van der Waals surface area contributed by atoms with Gasteiger partial charge in [0.2, 0.25) is 0 Å². The molecule has 0 bridgehead atoms. The van der Waals surface area contributed by atoms with Gasteiger partial charge in [0.1, 0.15) is 11.5 Å². The molecule has 0 aliphatic carbocycles. The van der Waals surface area contributed by atoms with E-state index in [4.69, 9.17) is 9.15 Å². The molecule has 2 rings (SSSR count). The molecule has 1 aromatic heterocycles. The minimum atomic E-state index is 0.151. The number of ether oxygens (including phenoxy) is 1. The molecule has 0 radical (unpaired) electrons. The van der Waals surface area contributed by atoms with Gasteiger partial charge in [0.25, 0.3) is 0 Å². The van der Waals surface area contributed by atoms with E-state index in [9.17, 15) is 0 Å². The molecule has 0 saturated heterocycles. The molecular weight excluding hydrogens is 214 g/mol. The predicted octanol–water partition coefficient (Wildman–Crippen LogP) is 3.77. The van der Waals surface area contributed by atoms with E-state index in [1.165, 1.54) is 0 Å². The molecule has 90 valence electrons. The summed E-state index contributed by atoms with van der Waals surface area (Å²) in [7, 11) is 1.68. The van der Waals surface area contributed by atoms with Crippen LogP contribution in [0.1, 0.15) is 24.3 Å². The molecule has 0 spiro atoms. The Kier molecular flexibility index (Phi) is 3.38. The Balaban J connectivity index is 2.11. The highest BCUT2D eigenvalue weighted by Crippen LogP contribution is 2.24. The third-order valence-corrected chi connectivity index (χ3v) is 2.75. The largest absolute Gasteiger partial charge is 0.496 e. The van der Waals surface area contributed by atoms with Crippen LogP contribution in [-0.2, 0) is 0 Å². The quantitative estimate of drug-likeness (QED) is 0.869. The van der Waals surface area contributed by atoms with Gasteiger partial charge >= 0.3 is 0 Å². The number of nitrogens with one attached hydrogen (secondary N) is 1. The molecule has 3 nitrogen and oxygen atoms in total. The smallest absolute Gasteiger partial charge is 0.125 e. The normalized spacial score (nSPS) is 12.2. The molecule has 3 heteroatoms. The van der Waals surface area contributed by atoms with E-state index in [2.05, 4.69) is 18.3 Å². The highest BCUT2D eigenvalue weighted by atomic mass is 16.5. The Morgan fingerprint density at radius 1 is 1.29 bits per heavy atom. The number of benzene rings is 1. The van der Waals surface area contributed by atoms with Crippen molar-refractivity contribution in [1.82, 2.24) is 0 Å². The fourth-order valence-electron chi connectivity index (χ4n) is 1.83. The van der Waals surface area contributed by atoms with Crippen molar-refractivity contribution in [3.8, 4) is 5.75 Å². The van der Waals surface area contributed by atoms with Crippen molar-refractivity contribution in [3.05, 3.63) is 47.9 Å². The summed E-state index contributed by atoms with van der Waals surface area (Å²) in [6.45, 7) is 4.10. The van der Waals surface area contributed by atoms with Crippen LogP contribution in [0.2, 0.25) is 0 Å². The Morgan fingerprint density at radius 2 is 2.12 bits per heavy atom. The zero-order valence-electron chi connectivity index (χ0n) is 10.4. The monoisotopic (exact) mass is 231 g/mol. The van der Waals surface area contributed by atoms with E-state index < -0.39 is 0 Å². The highest BCUT2D eigenvalue weighted by molar-refractivity contribution is 5.51. The number of furan rings is 1. The first-order valence-electron chi connectivity index (χ1n) is 5.65. The van der Waals surface area contributed by atoms with Crippen molar-refractivity contribution >= 4 is 5.69 Å². The molecule has 0 aliphatic heterocycles. The standard InChI is InChI=1S/C14H17NO2/c1-10-9-12(6-7-13(10)16-3)15-11(2)14-5-4-8-17-14/h4-9,11,15H,1-3H3. The number of anilines is 1. The second-order valence-electron chi connectivity index (χ2n) is 4.07. The molecule has 1 N–H and O–H groups in total. The van der Waals surface area contributed by atoms with Gasteiger partial charge in [0.05, 0.1) is 19.4 Å². The van der Waals surface area contributed by atoms with E-state index in [-0.39, 0.29) is 6.04 Å². The summed E-state index contributed by atoms with van der Waals surface area (Å²) in [6, 6.07) is 10.1. The van der Waals surface area contributed by atoms with Crippen LogP contribution >= 0.6 is 0 Å². The van der Waals surface area contributed by atoms with E-state index in [1.807, 2.05) is 31.2 Å². The average molecular weight is 231 g/mol. The van der Waals surface area contributed by atoms with Crippen molar-refractivity contribution in [2.45, 2.75) is 19.9 Å². The Hall–Kier alpha value is -1.90. The van der Waals surface area contributed by atoms with Crippen molar-refractivity contribution in [2.24, 2.45) is 0 Å². The molecular formula is C14H17NO2. The molecule has 1 aromatic carbocycles. The number of hydrogen-bond acceptors (Lipinski definition) is 3. The minimum absolute atomic E-state index is 0.151. The lowest BCUT2D eigenvalue weighted by atomic mass is 10.1. The molecule has 0 amide bonds. The zero-order chi connectivity index (χ0) is 12.3. The Morgan fingerprint density at radius 3 is 2.71 bits per heavy atom. The summed E-state index contributed by atoms with van der Waals surface area (Å²) in [5.41, 5.74) is 2.18. The van der Waals surface area contributed by atoms with Crippen LogP contribution in [0.15, 0.2) is 41.0 Å². The van der Waals surface area contributed by atoms with E-state index >= 15 is 0 Å². The third kappa shape index (κ3) is 2.61. The minimum Gasteiger partial charge on any atom is -0.496 e. The van der Waals surface area contributed by atoms with E-state index in [0.717, 1.165) is 22.8 Å². The van der Waals surface area contributed by atoms with Gasteiger partial charge in [-0.15, -0.1) is 0 Å². The van der Waals surface area contributed by atoms with Gasteiger partial charge < -0.3 is 14.5 Å². The summed E-state index contributed by atoms with van der Waals surface area (Å²) >= 11 is 0. The summed E-state index contributed by atoms with van der Waals surface area (Å²) in [5.74, 6) is 1.83. The first-order valence-corrected chi connectivity index (χ1v) is 5.65. The maximum atomic E-state index is 5.36. The lowest BCUT2D eigenvalue weighted by Gasteiger charge is -2.14. The van der Waals surface area contributed by atoms with Crippen LogP contribution in [0.4, 0.5) is 5.69 Å². The molecule has 2 aromatic rings. The van der Waals surface area contributed by atoms with E-state index in [1.54, 1.807) is 13.4 Å². The van der Waals surface area contributed by atoms with Gasteiger partial charge in [-0.05, 0) is 49.7 Å². The van der Waals surface area contributed by atoms with Crippen LogP contribution in [0.3, 0.4) is 0 Å². The topological polar surface area (TPSA) is 34.4 Å². The molecule has 0 fully saturated rings. The summed E-state index contributed by atoms with van der Waals surface area (Å²) in [4.78, 5) is 0. The molecule has 0 aliphatic rings. The Bertz CT molecular complexity index is 477. The lowest BCUT2D eigenvalue weighted by Crippen LogP contribution is -2.05. The van der Waals surface area contributed by atoms with Crippen molar-refractivity contribution in [1.29, 1.82) is 0 Å². The molecule has 17 heavy (non-hydrogen) atoms. The maximum Gasteiger partial charge on any atom is 0.125 e. The Labute approximate surface area is 101 Å². The number of methoxy groups -OCH3 is 1. The van der Waals surface area contributed by atoms with Crippen LogP contribution < -0.4 is 10.1 Å². The number of aryl methyl sites for hydroxylation is 1. The molecule has 1 heterocycles. The first-order chi connectivity index (χ1) is 8.20. The maximum absolute atomic E-state index is 5.36. The van der Waals surface area contributed by atoms with Gasteiger partial charge in [0, 0.05) is 5.69 Å². The lowest BCUT2D eigenvalue weighted by molar-refractivity contribution is 0.411. The van der Waals surface area contributed by atoms with Gasteiger partial charge in [-0.2, -0.15) is 0 Å². The van der Waals surface area contributed by atoms with Crippen LogP contribution in [0.5, 0.6) is 5.75 Å². The van der Waals surface area contributed by atoms with Crippen molar-refractivity contribution in [2.75, 3.05) is 12.4 Å². The SMILES string of the molecule is COc1ccc(NC(C)c2ccco2)cc1C.